The van der Waals surface area contributed by atoms with E-state index in [-0.39, 0.29) is 0 Å². The van der Waals surface area contributed by atoms with E-state index in [2.05, 4.69) is 67.0 Å². The SMILES string of the molecule is CC[N+](CC)=c1ccc2cc3c(oc-2c1)/C(=C/C1=C2OC4=C(C=C2CCC1)COc1ccccc14)CCC3.[O-][Cl+3]([O-])([O-])[O-]. The van der Waals surface area contributed by atoms with Crippen LogP contribution in [-0.4, -0.2) is 19.7 Å². The molecule has 0 saturated carbocycles. The zero-order valence-electron chi connectivity index (χ0n) is 24.3. The van der Waals surface area contributed by atoms with E-state index in [4.69, 9.17) is 32.5 Å². The van der Waals surface area contributed by atoms with Crippen molar-refractivity contribution in [3.05, 3.63) is 105 Å². The van der Waals surface area contributed by atoms with Crippen LogP contribution in [0.4, 0.5) is 0 Å². The molecule has 3 heterocycles. The lowest BCUT2D eigenvalue weighted by Crippen LogP contribution is -2.68. The molecule has 0 amide bonds. The monoisotopic (exact) mass is 603 g/mol. The van der Waals surface area contributed by atoms with E-state index in [0.717, 1.165) is 91.5 Å². The van der Waals surface area contributed by atoms with Gasteiger partial charge in [0.05, 0.1) is 11.6 Å². The van der Waals surface area contributed by atoms with Crippen LogP contribution >= 0.6 is 0 Å². The van der Waals surface area contributed by atoms with E-state index in [1.165, 1.54) is 33.2 Å². The molecule has 1 aromatic carbocycles. The highest BCUT2D eigenvalue weighted by atomic mass is 35.7. The fourth-order valence-corrected chi connectivity index (χ4v) is 6.36. The van der Waals surface area contributed by atoms with Crippen molar-refractivity contribution in [2.45, 2.75) is 52.4 Å². The van der Waals surface area contributed by atoms with Crippen LogP contribution in [0.15, 0.2) is 87.6 Å². The lowest BCUT2D eigenvalue weighted by atomic mass is 9.85. The molecule has 0 N–H and O–H groups in total. The summed E-state index contributed by atoms with van der Waals surface area (Å²) in [5.41, 5.74) is 8.55. The van der Waals surface area contributed by atoms with Crippen molar-refractivity contribution in [1.82, 2.24) is 4.58 Å². The Bertz CT molecular complexity index is 1710. The first-order valence-electron chi connectivity index (χ1n) is 14.8. The van der Waals surface area contributed by atoms with Gasteiger partial charge in [-0.05, 0) is 111 Å². The molecular formula is C34H34ClNO7. The number of aryl methyl sites for hydroxylation is 1. The summed E-state index contributed by atoms with van der Waals surface area (Å²) in [6, 6.07) is 17.2. The molecule has 3 aliphatic heterocycles. The molecule has 3 aliphatic carbocycles. The van der Waals surface area contributed by atoms with Crippen molar-refractivity contribution >= 4 is 11.3 Å². The largest absolute Gasteiger partial charge is 0.488 e. The third-order valence-corrected chi connectivity index (χ3v) is 8.33. The van der Waals surface area contributed by atoms with Gasteiger partial charge in [-0.25, -0.2) is 23.2 Å². The molecule has 7 rings (SSSR count). The number of ether oxygens (including phenoxy) is 2. The first kappa shape index (κ1) is 29.4. The average Bonchev–Trinajstić information content (AvgIpc) is 2.99. The van der Waals surface area contributed by atoms with Crippen LogP contribution in [-0.2, 0) is 11.2 Å². The fourth-order valence-electron chi connectivity index (χ4n) is 6.36. The molecule has 1 aromatic rings. The minimum absolute atomic E-state index is 0.564. The Morgan fingerprint density at radius 1 is 0.884 bits per heavy atom. The predicted octanol–water partition coefficient (Wildman–Crippen LogP) is 2.36. The van der Waals surface area contributed by atoms with Crippen LogP contribution < -0.4 is 33.3 Å². The Morgan fingerprint density at radius 3 is 2.44 bits per heavy atom. The van der Waals surface area contributed by atoms with Gasteiger partial charge in [0.1, 0.15) is 48.5 Å². The summed E-state index contributed by atoms with van der Waals surface area (Å²) < 4.78 is 55.8. The third-order valence-electron chi connectivity index (χ3n) is 8.33. The Balaban J connectivity index is 0.000000611. The van der Waals surface area contributed by atoms with E-state index in [9.17, 15) is 0 Å². The molecule has 0 atom stereocenters. The Kier molecular flexibility index (Phi) is 8.31. The lowest BCUT2D eigenvalue weighted by molar-refractivity contribution is -2.00. The van der Waals surface area contributed by atoms with Crippen molar-refractivity contribution in [3.8, 4) is 17.1 Å². The van der Waals surface area contributed by atoms with Gasteiger partial charge in [-0.1, -0.05) is 12.1 Å². The number of nitrogens with zero attached hydrogens (tertiary/aromatic N) is 1. The van der Waals surface area contributed by atoms with Gasteiger partial charge in [0.25, 0.3) is 0 Å². The van der Waals surface area contributed by atoms with Crippen LogP contribution in [0, 0.1) is 10.2 Å². The summed E-state index contributed by atoms with van der Waals surface area (Å²) in [5, 5.41) is 1.22. The van der Waals surface area contributed by atoms with Gasteiger partial charge < -0.3 is 13.9 Å². The summed E-state index contributed by atoms with van der Waals surface area (Å²) >= 11 is 0. The van der Waals surface area contributed by atoms with Gasteiger partial charge in [0.2, 0.25) is 5.36 Å². The zero-order chi connectivity index (χ0) is 30.1. The summed E-state index contributed by atoms with van der Waals surface area (Å²) in [6.07, 6.45) is 11.1. The van der Waals surface area contributed by atoms with E-state index in [1.54, 1.807) is 0 Å². The highest BCUT2D eigenvalue weighted by molar-refractivity contribution is 5.77. The molecule has 0 bridgehead atoms. The number of allylic oxidation sites excluding steroid dienone is 4. The van der Waals surface area contributed by atoms with Gasteiger partial charge >= 0.3 is 0 Å². The van der Waals surface area contributed by atoms with Gasteiger partial charge in [-0.3, -0.25) is 0 Å². The van der Waals surface area contributed by atoms with Crippen LogP contribution in [0.2, 0.25) is 0 Å². The number of rotatable bonds is 3. The molecule has 8 nitrogen and oxygen atoms in total. The van der Waals surface area contributed by atoms with Crippen LogP contribution in [0.5, 0.6) is 5.75 Å². The maximum absolute atomic E-state index is 8.49. The molecule has 9 heteroatoms. The van der Waals surface area contributed by atoms with Crippen LogP contribution in [0.3, 0.4) is 0 Å². The minimum atomic E-state index is -4.94. The van der Waals surface area contributed by atoms with Crippen molar-refractivity contribution in [3.63, 3.8) is 0 Å². The fraction of sp³-hybridized carbons (Fsp3) is 0.324. The van der Waals surface area contributed by atoms with E-state index < -0.39 is 10.2 Å². The molecule has 0 fully saturated rings. The highest BCUT2D eigenvalue weighted by Gasteiger charge is 2.30. The third kappa shape index (κ3) is 6.34. The first-order chi connectivity index (χ1) is 20.7. The smallest absolute Gasteiger partial charge is 0.203 e. The number of benzene rings is 2. The topological polar surface area (TPSA) is 127 Å². The molecule has 0 aromatic heterocycles. The second-order valence-electron chi connectivity index (χ2n) is 11.0. The maximum atomic E-state index is 8.49. The number of halogens is 1. The van der Waals surface area contributed by atoms with Crippen molar-refractivity contribution in [2.75, 3.05) is 19.7 Å². The van der Waals surface area contributed by atoms with Crippen LogP contribution in [0.1, 0.15) is 62.8 Å². The van der Waals surface area contributed by atoms with Gasteiger partial charge in [0.15, 0.2) is 0 Å². The minimum Gasteiger partial charge on any atom is -0.488 e. The van der Waals surface area contributed by atoms with Gasteiger partial charge in [-0.15, -0.1) is 10.2 Å². The van der Waals surface area contributed by atoms with Gasteiger partial charge in [-0.2, -0.15) is 0 Å². The van der Waals surface area contributed by atoms with Crippen molar-refractivity contribution in [1.29, 1.82) is 0 Å². The Morgan fingerprint density at radius 2 is 1.65 bits per heavy atom. The Hall–Kier alpha value is -3.66. The summed E-state index contributed by atoms with van der Waals surface area (Å²) in [4.78, 5) is 0. The standard InChI is InChI=1S/C34H34NO3.ClHO4/c1-3-35(4-2)28-16-15-22-17-23-9-7-10-24(32(23)37-31(22)20-28)18-25-11-8-12-26-19-27-21-36-30-14-6-5-13-29(30)34(27)38-33(25)26;2-1(3,4)5/h5-6,13-20H,3-4,7-12,21H2,1-2H3;(H,2,3,4,5)/q+1;/p-1/b24-18+;. The summed E-state index contributed by atoms with van der Waals surface area (Å²) in [5.74, 6) is 4.90. The summed E-state index contributed by atoms with van der Waals surface area (Å²) in [7, 11) is -4.94. The maximum Gasteiger partial charge on any atom is 0.203 e. The van der Waals surface area contributed by atoms with E-state index in [0.29, 0.717) is 6.61 Å². The molecule has 0 radical (unpaired) electrons. The number of para-hydroxylation sites is 1. The Labute approximate surface area is 252 Å². The first-order valence-corrected chi connectivity index (χ1v) is 16.0. The number of hydrogen-bond donors (Lipinski definition) is 0. The number of hydrogen-bond acceptors (Lipinski definition) is 7. The number of fused-ring (bicyclic) bond motifs is 5. The molecule has 0 saturated heterocycles. The van der Waals surface area contributed by atoms with E-state index in [1.807, 2.05) is 12.1 Å². The molecule has 224 valence electrons. The average molecular weight is 604 g/mol. The van der Waals surface area contributed by atoms with Crippen molar-refractivity contribution < 1.29 is 42.8 Å². The molecule has 0 spiro atoms. The van der Waals surface area contributed by atoms with E-state index >= 15 is 0 Å². The molecule has 0 unspecified atom stereocenters. The zero-order valence-corrected chi connectivity index (χ0v) is 25.1. The molecule has 43 heavy (non-hydrogen) atoms. The van der Waals surface area contributed by atoms with Crippen LogP contribution in [0.25, 0.3) is 22.7 Å². The quantitative estimate of drug-likeness (QED) is 0.421. The van der Waals surface area contributed by atoms with Gasteiger partial charge in [0, 0.05) is 17.2 Å². The molecular weight excluding hydrogens is 570 g/mol. The second-order valence-corrected chi connectivity index (χ2v) is 11.8. The molecule has 6 aliphatic rings. The summed E-state index contributed by atoms with van der Waals surface area (Å²) in [6.45, 7) is 6.94. The normalized spacial score (nSPS) is 18.4. The predicted molar refractivity (Wildman–Crippen MR) is 151 cm³/mol. The second kappa shape index (κ2) is 12.1. The lowest BCUT2D eigenvalue weighted by Gasteiger charge is -2.31. The highest BCUT2D eigenvalue weighted by Crippen LogP contribution is 2.45. The van der Waals surface area contributed by atoms with Crippen molar-refractivity contribution in [2.24, 2.45) is 0 Å².